The molecule has 0 bridgehead atoms. The molecule has 49 heavy (non-hydrogen) atoms. The summed E-state index contributed by atoms with van der Waals surface area (Å²) in [4.78, 5) is 56.7. The van der Waals surface area contributed by atoms with E-state index in [0.29, 0.717) is 61.3 Å². The van der Waals surface area contributed by atoms with Crippen LogP contribution in [0.2, 0.25) is 0 Å². The molecule has 4 aromatic rings. The molecular weight excluding hydrogens is 652 g/mol. The maximum absolute atomic E-state index is 14.1. The number of rotatable bonds is 12. The van der Waals surface area contributed by atoms with Crippen molar-refractivity contribution in [3.63, 3.8) is 0 Å². The zero-order chi connectivity index (χ0) is 35.1. The Kier molecular flexibility index (Phi) is 10.9. The highest BCUT2D eigenvalue weighted by molar-refractivity contribution is 7.07. The third-order valence-electron chi connectivity index (χ3n) is 7.39. The van der Waals surface area contributed by atoms with E-state index in [2.05, 4.69) is 9.73 Å². The van der Waals surface area contributed by atoms with E-state index in [9.17, 15) is 19.2 Å². The molecule has 0 spiro atoms. The predicted octanol–water partition coefficient (Wildman–Crippen LogP) is 3.98. The van der Waals surface area contributed by atoms with Crippen LogP contribution in [0, 0.1) is 0 Å². The molecule has 2 heterocycles. The van der Waals surface area contributed by atoms with E-state index in [1.807, 2.05) is 0 Å². The molecule has 5 rings (SSSR count). The van der Waals surface area contributed by atoms with Gasteiger partial charge in [0.25, 0.3) is 5.56 Å². The van der Waals surface area contributed by atoms with Crippen LogP contribution >= 0.6 is 11.3 Å². The average Bonchev–Trinajstić information content (AvgIpc) is 3.41. The van der Waals surface area contributed by atoms with Gasteiger partial charge < -0.3 is 28.4 Å². The van der Waals surface area contributed by atoms with Crippen molar-refractivity contribution in [2.75, 3.05) is 34.0 Å². The Labute approximate surface area is 285 Å². The summed E-state index contributed by atoms with van der Waals surface area (Å²) in [5.41, 5.74) is 1.83. The first kappa shape index (κ1) is 34.6. The largest absolute Gasteiger partial charge is 0.497 e. The Hall–Kier alpha value is -5.69. The molecule has 1 atom stereocenters. The van der Waals surface area contributed by atoms with Crippen LogP contribution in [0.5, 0.6) is 23.0 Å². The number of benzene rings is 3. The first-order valence-electron chi connectivity index (χ1n) is 15.3. The maximum atomic E-state index is 14.1. The Morgan fingerprint density at radius 3 is 2.24 bits per heavy atom. The Bertz CT molecular complexity index is 2080. The minimum atomic E-state index is -0.897. The molecule has 1 aliphatic rings. The van der Waals surface area contributed by atoms with E-state index in [1.54, 1.807) is 101 Å². The van der Waals surface area contributed by atoms with Crippen LogP contribution in [-0.4, -0.2) is 56.5 Å². The molecule has 0 fully saturated rings. The number of aromatic nitrogens is 1. The first-order chi connectivity index (χ1) is 23.7. The number of esters is 3. The van der Waals surface area contributed by atoms with Gasteiger partial charge in [0.1, 0.15) is 11.5 Å². The monoisotopic (exact) mass is 686 g/mol. The van der Waals surface area contributed by atoms with Crippen LogP contribution in [0.25, 0.3) is 6.08 Å². The SMILES string of the molecule is CCOC(=O)C1=C(C)N=c2s/c(=C/c3ccc(OC(=O)c4ccc(OC)cc4)cc3)c(=O)n2[C@H]1c1ccc(OCC(=O)OC)c(OCC)c1. The molecule has 12 nitrogen and oxygen atoms in total. The number of methoxy groups -OCH3 is 2. The number of carbonyl (C=O) groups excluding carboxylic acids is 3. The molecule has 0 unspecified atom stereocenters. The number of fused-ring (bicyclic) bond motifs is 1. The van der Waals surface area contributed by atoms with Gasteiger partial charge in [-0.05, 0) is 86.5 Å². The molecule has 0 aliphatic carbocycles. The van der Waals surface area contributed by atoms with E-state index < -0.39 is 23.9 Å². The van der Waals surface area contributed by atoms with Crippen LogP contribution in [0.3, 0.4) is 0 Å². The fourth-order valence-electron chi connectivity index (χ4n) is 5.06. The summed E-state index contributed by atoms with van der Waals surface area (Å²) < 4.78 is 34.0. The molecule has 1 aromatic heterocycles. The second-order valence-electron chi connectivity index (χ2n) is 10.5. The van der Waals surface area contributed by atoms with Gasteiger partial charge in [0.05, 0.1) is 54.8 Å². The van der Waals surface area contributed by atoms with Gasteiger partial charge in [0.2, 0.25) is 0 Å². The fourth-order valence-corrected chi connectivity index (χ4v) is 6.11. The van der Waals surface area contributed by atoms with Crippen molar-refractivity contribution in [3.8, 4) is 23.0 Å². The molecule has 0 amide bonds. The number of allylic oxidation sites excluding steroid dienone is 1. The number of nitrogens with zero attached hydrogens (tertiary/aromatic N) is 2. The summed E-state index contributed by atoms with van der Waals surface area (Å²) in [6, 6.07) is 17.4. The Morgan fingerprint density at radius 1 is 0.878 bits per heavy atom. The molecule has 3 aromatic carbocycles. The summed E-state index contributed by atoms with van der Waals surface area (Å²) in [5.74, 6) is -0.125. The smallest absolute Gasteiger partial charge is 0.343 e. The highest BCUT2D eigenvalue weighted by Gasteiger charge is 2.34. The first-order valence-corrected chi connectivity index (χ1v) is 16.1. The molecule has 0 N–H and O–H groups in total. The average molecular weight is 687 g/mol. The molecule has 0 saturated carbocycles. The van der Waals surface area contributed by atoms with Crippen LogP contribution in [0.1, 0.15) is 48.3 Å². The van der Waals surface area contributed by atoms with Gasteiger partial charge in [-0.3, -0.25) is 9.36 Å². The van der Waals surface area contributed by atoms with E-state index in [4.69, 9.17) is 23.7 Å². The molecule has 13 heteroatoms. The summed E-state index contributed by atoms with van der Waals surface area (Å²) in [7, 11) is 2.80. The van der Waals surface area contributed by atoms with Gasteiger partial charge >= 0.3 is 17.9 Å². The van der Waals surface area contributed by atoms with E-state index >= 15 is 0 Å². The van der Waals surface area contributed by atoms with Crippen molar-refractivity contribution >= 4 is 35.3 Å². The zero-order valence-corrected chi connectivity index (χ0v) is 28.3. The lowest BCUT2D eigenvalue weighted by molar-refractivity contribution is -0.143. The van der Waals surface area contributed by atoms with Crippen molar-refractivity contribution in [3.05, 3.63) is 114 Å². The van der Waals surface area contributed by atoms with Crippen LogP contribution < -0.4 is 33.8 Å². The van der Waals surface area contributed by atoms with Crippen molar-refractivity contribution in [2.24, 2.45) is 4.99 Å². The summed E-state index contributed by atoms with van der Waals surface area (Å²) >= 11 is 1.17. The number of hydrogen-bond acceptors (Lipinski definition) is 12. The van der Waals surface area contributed by atoms with E-state index in [0.717, 1.165) is 0 Å². The summed E-state index contributed by atoms with van der Waals surface area (Å²) in [6.07, 6.45) is 1.70. The highest BCUT2D eigenvalue weighted by atomic mass is 32.1. The Morgan fingerprint density at radius 2 is 1.59 bits per heavy atom. The van der Waals surface area contributed by atoms with Crippen molar-refractivity contribution in [1.29, 1.82) is 0 Å². The summed E-state index contributed by atoms with van der Waals surface area (Å²) in [6.45, 7) is 5.28. The van der Waals surface area contributed by atoms with Gasteiger partial charge in [-0.1, -0.05) is 29.5 Å². The number of thiazole rings is 1. The molecule has 254 valence electrons. The van der Waals surface area contributed by atoms with Crippen LogP contribution in [0.4, 0.5) is 0 Å². The van der Waals surface area contributed by atoms with E-state index in [1.165, 1.54) is 23.0 Å². The van der Waals surface area contributed by atoms with Gasteiger partial charge in [0.15, 0.2) is 22.9 Å². The summed E-state index contributed by atoms with van der Waals surface area (Å²) in [5, 5.41) is 0. The third-order valence-corrected chi connectivity index (χ3v) is 8.37. The van der Waals surface area contributed by atoms with Crippen molar-refractivity contribution < 1.29 is 42.8 Å². The highest BCUT2D eigenvalue weighted by Crippen LogP contribution is 2.36. The molecule has 0 saturated heterocycles. The minimum absolute atomic E-state index is 0.128. The van der Waals surface area contributed by atoms with Crippen molar-refractivity contribution in [2.45, 2.75) is 26.8 Å². The van der Waals surface area contributed by atoms with Gasteiger partial charge in [-0.2, -0.15) is 0 Å². The van der Waals surface area contributed by atoms with Gasteiger partial charge in [-0.25, -0.2) is 19.4 Å². The zero-order valence-electron chi connectivity index (χ0n) is 27.5. The van der Waals surface area contributed by atoms with Crippen LogP contribution in [-0.2, 0) is 19.1 Å². The fraction of sp³-hybridized carbons (Fsp3) is 0.250. The standard InChI is InChI=1S/C36H34N2O10S/c1-6-45-28-19-24(12-17-27(28)47-20-30(39)44-5)32-31(35(42)46-7-2)21(3)37-36-38(32)33(40)29(49-36)18-22-8-13-26(14-9-22)48-34(41)23-10-15-25(43-4)16-11-23/h8-19,32H,6-7,20H2,1-5H3/b29-18+/t32-/m0/s1. The molecule has 1 aliphatic heterocycles. The molecular formula is C36H34N2O10S. The lowest BCUT2D eigenvalue weighted by atomic mass is 9.95. The van der Waals surface area contributed by atoms with E-state index in [-0.39, 0.29) is 24.3 Å². The number of carbonyl (C=O) groups is 3. The maximum Gasteiger partial charge on any atom is 0.343 e. The van der Waals surface area contributed by atoms with Gasteiger partial charge in [-0.15, -0.1) is 0 Å². The lowest BCUT2D eigenvalue weighted by Gasteiger charge is -2.25. The lowest BCUT2D eigenvalue weighted by Crippen LogP contribution is -2.40. The topological polar surface area (TPSA) is 141 Å². The number of hydrogen-bond donors (Lipinski definition) is 0. The van der Waals surface area contributed by atoms with Gasteiger partial charge in [0, 0.05) is 0 Å². The normalized spacial score (nSPS) is 14.0. The Balaban J connectivity index is 1.51. The minimum Gasteiger partial charge on any atom is -0.497 e. The van der Waals surface area contributed by atoms with Crippen molar-refractivity contribution in [1.82, 2.24) is 4.57 Å². The second-order valence-corrected chi connectivity index (χ2v) is 11.5. The number of ether oxygens (including phenoxy) is 6. The second kappa shape index (κ2) is 15.5. The molecule has 0 radical (unpaired) electrons. The quantitative estimate of drug-likeness (QED) is 0.159. The van der Waals surface area contributed by atoms with Crippen LogP contribution in [0.15, 0.2) is 87.8 Å². The third kappa shape index (κ3) is 7.73. The predicted molar refractivity (Wildman–Crippen MR) is 180 cm³/mol.